The normalized spacial score (nSPS) is 38.5. The van der Waals surface area contributed by atoms with E-state index in [1.54, 1.807) is 13.2 Å². The summed E-state index contributed by atoms with van der Waals surface area (Å²) in [5.74, 6) is 0.160. The maximum absolute atomic E-state index is 11.3. The summed E-state index contributed by atoms with van der Waals surface area (Å²) in [5.41, 5.74) is -3.10. The van der Waals surface area contributed by atoms with E-state index in [0.717, 1.165) is 0 Å². The number of ether oxygens (including phenoxy) is 3. The first kappa shape index (κ1) is 21.3. The van der Waals surface area contributed by atoms with Gasteiger partial charge in [0, 0.05) is 7.11 Å². The molecule has 0 radical (unpaired) electrons. The minimum absolute atomic E-state index is 0.00753. The van der Waals surface area contributed by atoms with Crippen molar-refractivity contribution >= 4 is 0 Å². The number of phenolic OH excluding ortho intramolecular Hbond substituents is 1. The molecule has 2 fully saturated rings. The molecule has 28 heavy (non-hydrogen) atoms. The summed E-state index contributed by atoms with van der Waals surface area (Å²) >= 11 is 0. The highest BCUT2D eigenvalue weighted by Gasteiger charge is 2.61. The van der Waals surface area contributed by atoms with Crippen LogP contribution in [0.4, 0.5) is 0 Å². The van der Waals surface area contributed by atoms with Crippen molar-refractivity contribution in [3.63, 3.8) is 0 Å². The minimum Gasteiger partial charge on any atom is -0.504 e. The van der Waals surface area contributed by atoms with Gasteiger partial charge < -0.3 is 39.7 Å². The van der Waals surface area contributed by atoms with Crippen LogP contribution >= 0.6 is 0 Å². The average Bonchev–Trinajstić information content (AvgIpc) is 2.95. The molecule has 6 unspecified atom stereocenters. The predicted molar refractivity (Wildman–Crippen MR) is 99.1 cm³/mol. The Bertz CT molecular complexity index is 682. The van der Waals surface area contributed by atoms with Gasteiger partial charge in [0.15, 0.2) is 11.5 Å². The second-order valence-corrected chi connectivity index (χ2v) is 7.96. The Morgan fingerprint density at radius 2 is 1.96 bits per heavy atom. The van der Waals surface area contributed by atoms with Crippen LogP contribution in [0, 0.1) is 5.92 Å². The zero-order valence-electron chi connectivity index (χ0n) is 16.2. The Kier molecular flexibility index (Phi) is 6.19. The lowest BCUT2D eigenvalue weighted by Gasteiger charge is -2.42. The van der Waals surface area contributed by atoms with Crippen LogP contribution in [0.3, 0.4) is 0 Å². The Labute approximate surface area is 164 Å². The van der Waals surface area contributed by atoms with Crippen molar-refractivity contribution in [3.05, 3.63) is 23.8 Å². The van der Waals surface area contributed by atoms with E-state index >= 15 is 0 Å². The van der Waals surface area contributed by atoms with E-state index in [2.05, 4.69) is 0 Å². The second-order valence-electron chi connectivity index (χ2n) is 7.96. The zero-order chi connectivity index (χ0) is 20.5. The number of aliphatic hydroxyl groups is 4. The van der Waals surface area contributed by atoms with E-state index in [9.17, 15) is 25.5 Å². The van der Waals surface area contributed by atoms with E-state index in [1.165, 1.54) is 19.2 Å². The van der Waals surface area contributed by atoms with E-state index in [4.69, 9.17) is 14.2 Å². The highest BCUT2D eigenvalue weighted by Crippen LogP contribution is 2.49. The Morgan fingerprint density at radius 3 is 2.61 bits per heavy atom. The molecule has 0 amide bonds. The lowest BCUT2D eigenvalue weighted by atomic mass is 9.71. The van der Waals surface area contributed by atoms with Crippen LogP contribution < -0.4 is 4.74 Å². The second kappa shape index (κ2) is 8.14. The number of aromatic hydroxyl groups is 1. The molecule has 2 aliphatic rings. The number of hydrogen-bond donors (Lipinski definition) is 5. The summed E-state index contributed by atoms with van der Waals surface area (Å²) in [6, 6.07) is 4.50. The van der Waals surface area contributed by atoms with E-state index in [1.807, 2.05) is 0 Å². The quantitative estimate of drug-likeness (QED) is 0.468. The fourth-order valence-electron chi connectivity index (χ4n) is 4.54. The third kappa shape index (κ3) is 3.60. The summed E-state index contributed by atoms with van der Waals surface area (Å²) in [6.45, 7) is -0.838. The molecule has 1 aliphatic heterocycles. The van der Waals surface area contributed by atoms with Gasteiger partial charge in [0.2, 0.25) is 0 Å². The molecule has 1 aromatic carbocycles. The summed E-state index contributed by atoms with van der Waals surface area (Å²) in [5, 5.41) is 52.3. The third-order valence-electron chi connectivity index (χ3n) is 6.27. The molecule has 3 rings (SSSR count). The number of phenols is 1. The lowest BCUT2D eigenvalue weighted by Crippen LogP contribution is -2.58. The number of benzene rings is 1. The zero-order valence-corrected chi connectivity index (χ0v) is 16.2. The van der Waals surface area contributed by atoms with E-state index < -0.39 is 30.0 Å². The number of rotatable bonds is 6. The number of aliphatic hydroxyl groups excluding tert-OH is 2. The molecule has 8 heteroatoms. The Morgan fingerprint density at radius 1 is 1.21 bits per heavy atom. The van der Waals surface area contributed by atoms with Gasteiger partial charge in [0.05, 0.1) is 32.5 Å². The van der Waals surface area contributed by atoms with Crippen molar-refractivity contribution in [2.24, 2.45) is 5.92 Å². The first-order valence-corrected chi connectivity index (χ1v) is 9.53. The molecule has 5 N–H and O–H groups in total. The fraction of sp³-hybridized carbons (Fsp3) is 0.700. The van der Waals surface area contributed by atoms with Gasteiger partial charge in [-0.1, -0.05) is 6.07 Å². The molecule has 1 aromatic rings. The van der Waals surface area contributed by atoms with Gasteiger partial charge in [0.1, 0.15) is 17.3 Å². The standard InChI is InChI=1S/C20H30O8/c1-26-16-7-12(3-5-14(16)22)9-19(24)11-28-18(20(19,25)10-21)13-4-6-15(23)17(8-13)27-2/h4,6,8,12,14,16,18,21-25H,3,5,7,9-11H2,1-2H3. The Balaban J connectivity index is 1.83. The van der Waals surface area contributed by atoms with Crippen LogP contribution in [0.1, 0.15) is 37.4 Å². The lowest BCUT2D eigenvalue weighted by molar-refractivity contribution is -0.170. The van der Waals surface area contributed by atoms with Gasteiger partial charge in [-0.05, 0) is 49.3 Å². The molecule has 6 atom stereocenters. The van der Waals surface area contributed by atoms with Gasteiger partial charge in [-0.2, -0.15) is 0 Å². The topological polar surface area (TPSA) is 129 Å². The van der Waals surface area contributed by atoms with Crippen LogP contribution in [0.25, 0.3) is 0 Å². The van der Waals surface area contributed by atoms with Gasteiger partial charge in [-0.3, -0.25) is 0 Å². The molecule has 158 valence electrons. The molecular formula is C20H30O8. The minimum atomic E-state index is -1.92. The van der Waals surface area contributed by atoms with Crippen molar-refractivity contribution < 1.29 is 39.7 Å². The molecule has 0 aromatic heterocycles. The van der Waals surface area contributed by atoms with Crippen LogP contribution in [-0.2, 0) is 9.47 Å². The van der Waals surface area contributed by atoms with Gasteiger partial charge in [-0.15, -0.1) is 0 Å². The first-order valence-electron chi connectivity index (χ1n) is 9.53. The van der Waals surface area contributed by atoms with E-state index in [0.29, 0.717) is 24.8 Å². The smallest absolute Gasteiger partial charge is 0.160 e. The van der Waals surface area contributed by atoms with Crippen molar-refractivity contribution in [2.75, 3.05) is 27.4 Å². The van der Waals surface area contributed by atoms with E-state index in [-0.39, 0.29) is 36.5 Å². The van der Waals surface area contributed by atoms with Crippen molar-refractivity contribution in [3.8, 4) is 11.5 Å². The van der Waals surface area contributed by atoms with Crippen molar-refractivity contribution in [1.82, 2.24) is 0 Å². The summed E-state index contributed by atoms with van der Waals surface area (Å²) < 4.78 is 16.2. The molecule has 0 spiro atoms. The van der Waals surface area contributed by atoms with Crippen LogP contribution in [-0.4, -0.2) is 76.4 Å². The molecule has 1 heterocycles. The molecule has 1 aliphatic carbocycles. The maximum Gasteiger partial charge on any atom is 0.160 e. The Hall–Kier alpha value is -1.42. The molecule has 1 saturated carbocycles. The van der Waals surface area contributed by atoms with Gasteiger partial charge in [-0.25, -0.2) is 0 Å². The van der Waals surface area contributed by atoms with Crippen molar-refractivity contribution in [2.45, 2.75) is 55.2 Å². The summed E-state index contributed by atoms with van der Waals surface area (Å²) in [6.07, 6.45) is 0.165. The highest BCUT2D eigenvalue weighted by atomic mass is 16.5. The van der Waals surface area contributed by atoms with Crippen LogP contribution in [0.2, 0.25) is 0 Å². The number of methoxy groups -OCH3 is 2. The molecule has 8 nitrogen and oxygen atoms in total. The number of hydrogen-bond acceptors (Lipinski definition) is 8. The highest BCUT2D eigenvalue weighted by molar-refractivity contribution is 5.43. The maximum atomic E-state index is 11.3. The largest absolute Gasteiger partial charge is 0.504 e. The van der Waals surface area contributed by atoms with Crippen LogP contribution in [0.5, 0.6) is 11.5 Å². The van der Waals surface area contributed by atoms with Crippen LogP contribution in [0.15, 0.2) is 18.2 Å². The van der Waals surface area contributed by atoms with Gasteiger partial charge >= 0.3 is 0 Å². The molecule has 1 saturated heterocycles. The average molecular weight is 398 g/mol. The third-order valence-corrected chi connectivity index (χ3v) is 6.27. The predicted octanol–water partition coefficient (Wildman–Crippen LogP) is 0.493. The van der Waals surface area contributed by atoms with Crippen molar-refractivity contribution in [1.29, 1.82) is 0 Å². The SMILES string of the molecule is COc1cc(C2OCC(O)(CC3CCC(O)C(OC)C3)C2(O)CO)ccc1O. The summed E-state index contributed by atoms with van der Waals surface area (Å²) in [4.78, 5) is 0. The van der Waals surface area contributed by atoms with Gasteiger partial charge in [0.25, 0.3) is 0 Å². The monoisotopic (exact) mass is 398 g/mol. The summed E-state index contributed by atoms with van der Waals surface area (Å²) in [7, 11) is 2.95. The molecular weight excluding hydrogens is 368 g/mol. The fourth-order valence-corrected chi connectivity index (χ4v) is 4.54. The first-order chi connectivity index (χ1) is 13.3. The molecule has 0 bridgehead atoms.